The molecule has 0 amide bonds. The first-order valence-electron chi connectivity index (χ1n) is 8.82. The van der Waals surface area contributed by atoms with Crippen LogP contribution in [-0.2, 0) is 5.41 Å². The minimum absolute atomic E-state index is 0.161. The summed E-state index contributed by atoms with van der Waals surface area (Å²) in [5, 5.41) is 2.34. The Morgan fingerprint density at radius 1 is 0.615 bits per heavy atom. The summed E-state index contributed by atoms with van der Waals surface area (Å²) >= 11 is 0. The fourth-order valence-electron chi connectivity index (χ4n) is 2.97. The van der Waals surface area contributed by atoms with Gasteiger partial charge in [0.25, 0.3) is 0 Å². The molecule has 4 rings (SSSR count). The van der Waals surface area contributed by atoms with E-state index >= 15 is 0 Å². The normalized spacial score (nSPS) is 11.7. The third-order valence-electron chi connectivity index (χ3n) is 4.37. The van der Waals surface area contributed by atoms with Gasteiger partial charge in [0, 0.05) is 16.5 Å². The van der Waals surface area contributed by atoms with Gasteiger partial charge in [-0.15, -0.1) is 0 Å². The van der Waals surface area contributed by atoms with E-state index in [1.54, 1.807) is 0 Å². The molecule has 0 unspecified atom stereocenters. The molecule has 0 aliphatic heterocycles. The van der Waals surface area contributed by atoms with Crippen molar-refractivity contribution in [1.29, 1.82) is 0 Å². The topological polar surface area (TPSA) is 38.7 Å². The first kappa shape index (κ1) is 16.4. The molecule has 0 atom stereocenters. The molecule has 128 valence electrons. The molecule has 0 radical (unpaired) electrons. The Labute approximate surface area is 153 Å². The lowest BCUT2D eigenvalue weighted by molar-refractivity contribution is 0.543. The van der Waals surface area contributed by atoms with Crippen LogP contribution in [-0.4, -0.2) is 15.0 Å². The highest BCUT2D eigenvalue weighted by molar-refractivity contribution is 5.95. The molecular weight excluding hydrogens is 318 g/mol. The summed E-state index contributed by atoms with van der Waals surface area (Å²) in [6, 6.07) is 24.7. The summed E-state index contributed by atoms with van der Waals surface area (Å²) in [5.41, 5.74) is 1.88. The van der Waals surface area contributed by atoms with E-state index in [4.69, 9.17) is 15.0 Å². The highest BCUT2D eigenvalue weighted by atomic mass is 15.0. The fourth-order valence-corrected chi connectivity index (χ4v) is 2.97. The number of hydrogen-bond donors (Lipinski definition) is 0. The van der Waals surface area contributed by atoms with Gasteiger partial charge in [0.1, 0.15) is 5.82 Å². The van der Waals surface area contributed by atoms with Gasteiger partial charge in [-0.1, -0.05) is 93.6 Å². The summed E-state index contributed by atoms with van der Waals surface area (Å²) < 4.78 is 0. The van der Waals surface area contributed by atoms with E-state index in [-0.39, 0.29) is 5.41 Å². The molecule has 3 aromatic carbocycles. The van der Waals surface area contributed by atoms with Crippen molar-refractivity contribution in [3.63, 3.8) is 0 Å². The zero-order valence-electron chi connectivity index (χ0n) is 15.3. The summed E-state index contributed by atoms with van der Waals surface area (Å²) in [6.07, 6.45) is 0. The lowest BCUT2D eigenvalue weighted by Crippen LogP contribution is -2.18. The van der Waals surface area contributed by atoms with Gasteiger partial charge in [0.2, 0.25) is 0 Å². The van der Waals surface area contributed by atoms with Crippen molar-refractivity contribution in [2.75, 3.05) is 0 Å². The van der Waals surface area contributed by atoms with Gasteiger partial charge >= 0.3 is 0 Å². The number of benzene rings is 3. The maximum Gasteiger partial charge on any atom is 0.164 e. The van der Waals surface area contributed by atoms with Crippen molar-refractivity contribution in [2.45, 2.75) is 26.2 Å². The molecule has 0 saturated heterocycles. The molecular formula is C23H21N3. The van der Waals surface area contributed by atoms with Crippen LogP contribution in [0.4, 0.5) is 0 Å². The van der Waals surface area contributed by atoms with Crippen LogP contribution in [0.2, 0.25) is 0 Å². The van der Waals surface area contributed by atoms with E-state index < -0.39 is 0 Å². The smallest absolute Gasteiger partial charge is 0.164 e. The third-order valence-corrected chi connectivity index (χ3v) is 4.37. The van der Waals surface area contributed by atoms with E-state index in [1.165, 1.54) is 5.39 Å². The van der Waals surface area contributed by atoms with Gasteiger partial charge in [-0.2, -0.15) is 0 Å². The second-order valence-corrected chi connectivity index (χ2v) is 7.45. The number of aromatic nitrogens is 3. The molecule has 0 fully saturated rings. The SMILES string of the molecule is CC(C)(C)c1nc(-c2ccccc2)nc(-c2cccc3ccccc23)n1. The van der Waals surface area contributed by atoms with Crippen LogP contribution in [0.3, 0.4) is 0 Å². The quantitative estimate of drug-likeness (QED) is 0.473. The third kappa shape index (κ3) is 3.08. The molecule has 1 aromatic heterocycles. The van der Waals surface area contributed by atoms with E-state index in [2.05, 4.69) is 63.2 Å². The molecule has 0 spiro atoms. The van der Waals surface area contributed by atoms with E-state index in [0.717, 1.165) is 28.2 Å². The molecule has 0 aliphatic rings. The van der Waals surface area contributed by atoms with Crippen LogP contribution >= 0.6 is 0 Å². The maximum absolute atomic E-state index is 4.83. The minimum Gasteiger partial charge on any atom is -0.212 e. The zero-order chi connectivity index (χ0) is 18.1. The molecule has 0 aliphatic carbocycles. The largest absolute Gasteiger partial charge is 0.212 e. The zero-order valence-corrected chi connectivity index (χ0v) is 15.3. The lowest BCUT2D eigenvalue weighted by Gasteiger charge is -2.18. The van der Waals surface area contributed by atoms with E-state index in [1.807, 2.05) is 30.3 Å². The summed E-state index contributed by atoms with van der Waals surface area (Å²) in [6.45, 7) is 6.39. The molecule has 26 heavy (non-hydrogen) atoms. The number of fused-ring (bicyclic) bond motifs is 1. The van der Waals surface area contributed by atoms with Crippen molar-refractivity contribution in [2.24, 2.45) is 0 Å². The Hall–Kier alpha value is -3.07. The highest BCUT2D eigenvalue weighted by Crippen LogP contribution is 2.29. The Kier molecular flexibility index (Phi) is 4.00. The fraction of sp³-hybridized carbons (Fsp3) is 0.174. The Morgan fingerprint density at radius 2 is 1.27 bits per heavy atom. The van der Waals surface area contributed by atoms with E-state index in [9.17, 15) is 0 Å². The van der Waals surface area contributed by atoms with Gasteiger partial charge in [0.15, 0.2) is 11.6 Å². The average molecular weight is 339 g/mol. The standard InChI is InChI=1S/C23H21N3/c1-23(2,3)22-25-20(17-11-5-4-6-12-17)24-21(26-22)19-15-9-13-16-10-7-8-14-18(16)19/h4-15H,1-3H3. The number of hydrogen-bond acceptors (Lipinski definition) is 3. The monoisotopic (exact) mass is 339 g/mol. The Morgan fingerprint density at radius 3 is 2.04 bits per heavy atom. The average Bonchev–Trinajstić information content (AvgIpc) is 2.67. The van der Waals surface area contributed by atoms with Crippen molar-refractivity contribution in [3.05, 3.63) is 78.6 Å². The van der Waals surface area contributed by atoms with Crippen molar-refractivity contribution in [1.82, 2.24) is 15.0 Å². The second kappa shape index (κ2) is 6.34. The Balaban J connectivity index is 1.99. The highest BCUT2D eigenvalue weighted by Gasteiger charge is 2.21. The minimum atomic E-state index is -0.161. The van der Waals surface area contributed by atoms with Crippen LogP contribution in [0, 0.1) is 0 Å². The maximum atomic E-state index is 4.83. The predicted octanol–water partition coefficient (Wildman–Crippen LogP) is 5.66. The molecule has 0 N–H and O–H groups in total. The van der Waals surface area contributed by atoms with E-state index in [0.29, 0.717) is 5.82 Å². The summed E-state index contributed by atoms with van der Waals surface area (Å²) in [4.78, 5) is 14.4. The summed E-state index contributed by atoms with van der Waals surface area (Å²) in [5.74, 6) is 2.24. The number of nitrogens with zero attached hydrogens (tertiary/aromatic N) is 3. The molecule has 0 bridgehead atoms. The van der Waals surface area contributed by atoms with Gasteiger partial charge in [-0.3, -0.25) is 0 Å². The Bertz CT molecular complexity index is 1060. The molecule has 0 saturated carbocycles. The van der Waals surface area contributed by atoms with Crippen LogP contribution in [0.1, 0.15) is 26.6 Å². The first-order valence-corrected chi connectivity index (χ1v) is 8.82. The predicted molar refractivity (Wildman–Crippen MR) is 107 cm³/mol. The van der Waals surface area contributed by atoms with Gasteiger partial charge in [-0.25, -0.2) is 15.0 Å². The van der Waals surface area contributed by atoms with Gasteiger partial charge < -0.3 is 0 Å². The molecule has 4 aromatic rings. The van der Waals surface area contributed by atoms with Gasteiger partial charge in [-0.05, 0) is 10.8 Å². The van der Waals surface area contributed by atoms with Crippen molar-refractivity contribution in [3.8, 4) is 22.8 Å². The van der Waals surface area contributed by atoms with Crippen molar-refractivity contribution >= 4 is 10.8 Å². The number of rotatable bonds is 2. The van der Waals surface area contributed by atoms with Crippen LogP contribution in [0.25, 0.3) is 33.5 Å². The lowest BCUT2D eigenvalue weighted by atomic mass is 9.95. The molecule has 3 heteroatoms. The molecule has 1 heterocycles. The van der Waals surface area contributed by atoms with Crippen LogP contribution in [0.5, 0.6) is 0 Å². The van der Waals surface area contributed by atoms with Gasteiger partial charge in [0.05, 0.1) is 0 Å². The first-order chi connectivity index (χ1) is 12.5. The van der Waals surface area contributed by atoms with Crippen LogP contribution < -0.4 is 0 Å². The summed E-state index contributed by atoms with van der Waals surface area (Å²) in [7, 11) is 0. The van der Waals surface area contributed by atoms with Crippen molar-refractivity contribution < 1.29 is 0 Å². The van der Waals surface area contributed by atoms with Crippen LogP contribution in [0.15, 0.2) is 72.8 Å². The molecule has 3 nitrogen and oxygen atoms in total. The second-order valence-electron chi connectivity index (χ2n) is 7.45.